The number of nitrogens with zero attached hydrogens (tertiary/aromatic N) is 2. The predicted octanol–water partition coefficient (Wildman–Crippen LogP) is 2.74. The smallest absolute Gasteiger partial charge is 0.222 e. The number of aromatic nitrogens is 2. The molecule has 1 aromatic heterocycles. The van der Waals surface area contributed by atoms with Gasteiger partial charge in [-0.15, -0.1) is 0 Å². The molecule has 0 saturated heterocycles. The Morgan fingerprint density at radius 3 is 2.67 bits per heavy atom. The van der Waals surface area contributed by atoms with Gasteiger partial charge < -0.3 is 0 Å². The molecule has 1 aromatic rings. The minimum absolute atomic E-state index is 0.0814. The fraction of sp³-hybridized carbons (Fsp3) is 0.455. The molecular weight excluding hydrogens is 340 g/mol. The fourth-order valence-corrected chi connectivity index (χ4v) is 3.56. The van der Waals surface area contributed by atoms with Gasteiger partial charge in [-0.1, -0.05) is 12.2 Å². The van der Waals surface area contributed by atoms with Gasteiger partial charge >= 0.3 is 0 Å². The van der Waals surface area contributed by atoms with Crippen molar-refractivity contribution in [3.63, 3.8) is 0 Å². The molecule has 0 aliphatic heterocycles. The maximum absolute atomic E-state index is 11.4. The van der Waals surface area contributed by atoms with Crippen molar-refractivity contribution in [1.82, 2.24) is 9.97 Å². The Bertz CT molecular complexity index is 589. The molecule has 2 unspecified atom stereocenters. The summed E-state index contributed by atoms with van der Waals surface area (Å²) < 4.78 is 23.7. The van der Waals surface area contributed by atoms with Gasteiger partial charge in [0.05, 0.1) is 15.4 Å². The predicted molar refractivity (Wildman–Crippen MR) is 74.5 cm³/mol. The summed E-state index contributed by atoms with van der Waals surface area (Å²) in [6.07, 6.45) is 7.85. The van der Waals surface area contributed by atoms with Crippen LogP contribution in [-0.2, 0) is 9.84 Å². The highest BCUT2D eigenvalue weighted by Gasteiger charge is 2.25. The summed E-state index contributed by atoms with van der Waals surface area (Å²) in [4.78, 5) is 8.07. The van der Waals surface area contributed by atoms with Crippen molar-refractivity contribution in [2.24, 2.45) is 0 Å². The van der Waals surface area contributed by atoms with E-state index in [4.69, 9.17) is 11.6 Å². The van der Waals surface area contributed by atoms with Crippen LogP contribution in [0.3, 0.4) is 0 Å². The Morgan fingerprint density at radius 2 is 2.11 bits per heavy atom. The normalized spacial score (nSPS) is 24.2. The third kappa shape index (κ3) is 3.10. The van der Waals surface area contributed by atoms with Crippen LogP contribution in [0.4, 0.5) is 0 Å². The second-order valence-corrected chi connectivity index (χ2v) is 7.77. The summed E-state index contributed by atoms with van der Waals surface area (Å²) in [7, 11) is -3.01. The van der Waals surface area contributed by atoms with Gasteiger partial charge in [-0.25, -0.2) is 18.4 Å². The topological polar surface area (TPSA) is 59.9 Å². The molecule has 0 aromatic carbocycles. The summed E-state index contributed by atoms with van der Waals surface area (Å²) in [5.41, 5.74) is 0.804. The fourth-order valence-electron chi connectivity index (χ4n) is 2.00. The van der Waals surface area contributed by atoms with E-state index in [1.165, 1.54) is 6.26 Å². The lowest BCUT2D eigenvalue weighted by molar-refractivity contribution is 0.571. The van der Waals surface area contributed by atoms with Crippen LogP contribution >= 0.6 is 27.5 Å². The van der Waals surface area contributed by atoms with Crippen molar-refractivity contribution in [3.8, 4) is 0 Å². The van der Waals surface area contributed by atoms with Crippen LogP contribution in [0.1, 0.15) is 24.5 Å². The molecule has 2 rings (SSSR count). The van der Waals surface area contributed by atoms with Crippen LogP contribution in [0.15, 0.2) is 22.8 Å². The van der Waals surface area contributed by atoms with E-state index in [1.807, 2.05) is 6.08 Å². The van der Waals surface area contributed by atoms with Crippen molar-refractivity contribution < 1.29 is 8.42 Å². The Hall–Kier alpha value is -0.460. The molecule has 18 heavy (non-hydrogen) atoms. The lowest BCUT2D eigenvalue weighted by atomic mass is 9.93. The van der Waals surface area contributed by atoms with Gasteiger partial charge in [0.2, 0.25) is 5.28 Å². The molecule has 0 saturated carbocycles. The van der Waals surface area contributed by atoms with E-state index in [0.717, 1.165) is 16.6 Å². The Kier molecular flexibility index (Phi) is 4.08. The summed E-state index contributed by atoms with van der Waals surface area (Å²) in [5, 5.41) is -0.184. The Balaban J connectivity index is 2.26. The first-order valence-corrected chi connectivity index (χ1v) is 8.55. The molecule has 0 radical (unpaired) electrons. The van der Waals surface area contributed by atoms with Crippen LogP contribution in [0.2, 0.25) is 5.28 Å². The van der Waals surface area contributed by atoms with Gasteiger partial charge in [0.25, 0.3) is 0 Å². The van der Waals surface area contributed by atoms with Crippen LogP contribution in [0.5, 0.6) is 0 Å². The van der Waals surface area contributed by atoms with Gasteiger partial charge in [0.15, 0.2) is 9.84 Å². The van der Waals surface area contributed by atoms with Gasteiger partial charge in [0, 0.05) is 18.4 Å². The number of halogens is 2. The Morgan fingerprint density at radius 1 is 1.39 bits per heavy atom. The number of hydrogen-bond acceptors (Lipinski definition) is 4. The van der Waals surface area contributed by atoms with E-state index in [9.17, 15) is 8.42 Å². The first-order chi connectivity index (χ1) is 8.38. The second kappa shape index (κ2) is 5.27. The maximum atomic E-state index is 11.4. The summed E-state index contributed by atoms with van der Waals surface area (Å²) >= 11 is 9.16. The molecule has 1 aliphatic carbocycles. The molecule has 0 fully saturated rings. The number of hydrogen-bond donors (Lipinski definition) is 0. The molecule has 1 aliphatic rings. The third-order valence-corrected chi connectivity index (χ3v) is 5.25. The highest BCUT2D eigenvalue weighted by Crippen LogP contribution is 2.33. The molecule has 0 amide bonds. The Labute approximate surface area is 120 Å². The van der Waals surface area contributed by atoms with Crippen LogP contribution in [-0.4, -0.2) is 29.9 Å². The maximum Gasteiger partial charge on any atom is 0.222 e. The largest absolute Gasteiger partial charge is 0.229 e. The summed E-state index contributed by atoms with van der Waals surface area (Å²) in [6, 6.07) is 0. The zero-order chi connectivity index (χ0) is 13.3. The van der Waals surface area contributed by atoms with Crippen molar-refractivity contribution in [1.29, 1.82) is 0 Å². The first-order valence-electron chi connectivity index (χ1n) is 5.43. The van der Waals surface area contributed by atoms with E-state index < -0.39 is 9.84 Å². The highest BCUT2D eigenvalue weighted by molar-refractivity contribution is 9.10. The highest BCUT2D eigenvalue weighted by atomic mass is 79.9. The molecule has 0 N–H and O–H groups in total. The first kappa shape index (κ1) is 14.0. The van der Waals surface area contributed by atoms with Crippen molar-refractivity contribution in [3.05, 3.63) is 33.8 Å². The average Bonchev–Trinajstić information content (AvgIpc) is 2.31. The summed E-state index contributed by atoms with van der Waals surface area (Å²) in [6.45, 7) is 0. The van der Waals surface area contributed by atoms with Gasteiger partial charge in [-0.3, -0.25) is 0 Å². The minimum atomic E-state index is -3.01. The molecule has 98 valence electrons. The molecule has 0 spiro atoms. The minimum Gasteiger partial charge on any atom is -0.229 e. The van der Waals surface area contributed by atoms with Crippen molar-refractivity contribution in [2.45, 2.75) is 24.0 Å². The lowest BCUT2D eigenvalue weighted by Crippen LogP contribution is -2.21. The van der Waals surface area contributed by atoms with Gasteiger partial charge in [-0.05, 0) is 40.4 Å². The number of sulfone groups is 1. The van der Waals surface area contributed by atoms with Crippen LogP contribution in [0, 0.1) is 0 Å². The summed E-state index contributed by atoms with van der Waals surface area (Å²) in [5.74, 6) is 0.0814. The third-order valence-electron chi connectivity index (χ3n) is 2.96. The van der Waals surface area contributed by atoms with Crippen LogP contribution < -0.4 is 0 Å². The molecule has 2 atom stereocenters. The SMILES string of the molecule is CS(=O)(=O)C1C=CC(c2nc(Cl)ncc2Br)CC1. The van der Waals surface area contributed by atoms with Crippen molar-refractivity contribution in [2.75, 3.05) is 6.26 Å². The number of rotatable bonds is 2. The molecule has 0 bridgehead atoms. The molecule has 7 heteroatoms. The van der Waals surface area contributed by atoms with E-state index in [1.54, 1.807) is 12.3 Å². The van der Waals surface area contributed by atoms with Crippen molar-refractivity contribution >= 4 is 37.4 Å². The van der Waals surface area contributed by atoms with Gasteiger partial charge in [-0.2, -0.15) is 0 Å². The second-order valence-electron chi connectivity index (χ2n) is 4.31. The average molecular weight is 352 g/mol. The van der Waals surface area contributed by atoms with E-state index in [-0.39, 0.29) is 16.5 Å². The lowest BCUT2D eigenvalue weighted by Gasteiger charge is -2.22. The van der Waals surface area contributed by atoms with E-state index in [0.29, 0.717) is 6.42 Å². The molecule has 4 nitrogen and oxygen atoms in total. The quantitative estimate of drug-likeness (QED) is 0.607. The molecule has 1 heterocycles. The number of allylic oxidation sites excluding steroid dienone is 1. The zero-order valence-corrected chi connectivity index (χ0v) is 12.8. The standard InChI is InChI=1S/C11H12BrClN2O2S/c1-18(16,17)8-4-2-7(3-5-8)10-9(12)6-14-11(13)15-10/h2,4,6-8H,3,5H2,1H3. The monoisotopic (exact) mass is 350 g/mol. The zero-order valence-electron chi connectivity index (χ0n) is 9.68. The van der Waals surface area contributed by atoms with Crippen LogP contribution in [0.25, 0.3) is 0 Å². The molecular formula is C11H12BrClN2O2S. The van der Waals surface area contributed by atoms with Gasteiger partial charge in [0.1, 0.15) is 0 Å². The van der Waals surface area contributed by atoms with E-state index >= 15 is 0 Å². The van der Waals surface area contributed by atoms with E-state index in [2.05, 4.69) is 25.9 Å².